The highest BCUT2D eigenvalue weighted by molar-refractivity contribution is 7.98. The van der Waals surface area contributed by atoms with E-state index in [4.69, 9.17) is 0 Å². The fourth-order valence-electron chi connectivity index (χ4n) is 1.78. The lowest BCUT2D eigenvalue weighted by molar-refractivity contribution is 0.672. The molecular formula is C10H16N4S. The quantitative estimate of drug-likeness (QED) is 0.612. The van der Waals surface area contributed by atoms with Crippen LogP contribution in [-0.4, -0.2) is 42.4 Å². The predicted octanol–water partition coefficient (Wildman–Crippen LogP) is 0.997. The molecule has 0 saturated carbocycles. The van der Waals surface area contributed by atoms with Gasteiger partial charge in [-0.1, -0.05) is 11.8 Å². The van der Waals surface area contributed by atoms with Crippen LogP contribution in [0.3, 0.4) is 0 Å². The van der Waals surface area contributed by atoms with Gasteiger partial charge in [-0.25, -0.2) is 9.97 Å². The summed E-state index contributed by atoms with van der Waals surface area (Å²) in [6, 6.07) is 2.53. The molecule has 82 valence electrons. The zero-order valence-corrected chi connectivity index (χ0v) is 9.92. The number of thioether (sulfide) groups is 1. The largest absolute Gasteiger partial charge is 0.355 e. The lowest BCUT2D eigenvalue weighted by Gasteiger charge is -2.24. The zero-order chi connectivity index (χ0) is 10.7. The van der Waals surface area contributed by atoms with Crippen molar-refractivity contribution in [3.63, 3.8) is 0 Å². The van der Waals surface area contributed by atoms with Crippen LogP contribution in [0.25, 0.3) is 0 Å². The summed E-state index contributed by atoms with van der Waals surface area (Å²) in [6.45, 7) is 2.16. The molecule has 2 rings (SSSR count). The van der Waals surface area contributed by atoms with Gasteiger partial charge >= 0.3 is 0 Å². The van der Waals surface area contributed by atoms with Crippen molar-refractivity contribution in [3.05, 3.63) is 12.3 Å². The van der Waals surface area contributed by atoms with E-state index in [9.17, 15) is 0 Å². The third-order valence-corrected chi connectivity index (χ3v) is 3.31. The van der Waals surface area contributed by atoms with Crippen LogP contribution in [-0.2, 0) is 0 Å². The van der Waals surface area contributed by atoms with E-state index in [1.165, 1.54) is 6.42 Å². The zero-order valence-electron chi connectivity index (χ0n) is 9.10. The van der Waals surface area contributed by atoms with Crippen molar-refractivity contribution in [2.45, 2.75) is 17.6 Å². The molecule has 15 heavy (non-hydrogen) atoms. The number of likely N-dealkylation sites (N-methyl/N-ethyl adjacent to an activating group) is 1. The minimum absolute atomic E-state index is 0.564. The first-order valence-electron chi connectivity index (χ1n) is 5.12. The van der Waals surface area contributed by atoms with Gasteiger partial charge in [-0.2, -0.15) is 0 Å². The van der Waals surface area contributed by atoms with Gasteiger partial charge in [0, 0.05) is 25.8 Å². The summed E-state index contributed by atoms with van der Waals surface area (Å²) in [5.74, 6) is 1.02. The molecule has 4 nitrogen and oxygen atoms in total. The Morgan fingerprint density at radius 2 is 2.47 bits per heavy atom. The Morgan fingerprint density at radius 3 is 3.13 bits per heavy atom. The Morgan fingerprint density at radius 1 is 1.60 bits per heavy atom. The topological polar surface area (TPSA) is 41.1 Å². The van der Waals surface area contributed by atoms with Crippen LogP contribution in [0.2, 0.25) is 0 Å². The fraction of sp³-hybridized carbons (Fsp3) is 0.600. The van der Waals surface area contributed by atoms with E-state index in [1.807, 2.05) is 18.5 Å². The average Bonchev–Trinajstić information content (AvgIpc) is 2.81. The molecule has 1 saturated heterocycles. The maximum Gasteiger partial charge on any atom is 0.189 e. The average molecular weight is 224 g/mol. The van der Waals surface area contributed by atoms with Crippen molar-refractivity contribution in [2.75, 3.05) is 31.3 Å². The van der Waals surface area contributed by atoms with E-state index < -0.39 is 0 Å². The number of nitrogens with one attached hydrogen (secondary N) is 1. The second-order valence-electron chi connectivity index (χ2n) is 3.66. The second-order valence-corrected chi connectivity index (χ2v) is 4.43. The normalized spacial score (nSPS) is 20.5. The molecule has 1 aromatic rings. The second kappa shape index (κ2) is 4.81. The summed E-state index contributed by atoms with van der Waals surface area (Å²) in [5.41, 5.74) is 0. The maximum absolute atomic E-state index is 4.49. The van der Waals surface area contributed by atoms with E-state index in [0.717, 1.165) is 24.1 Å². The summed E-state index contributed by atoms with van der Waals surface area (Å²) in [4.78, 5) is 10.9. The number of hydrogen-bond donors (Lipinski definition) is 1. The Kier molecular flexibility index (Phi) is 3.43. The van der Waals surface area contributed by atoms with Crippen LogP contribution in [0.15, 0.2) is 17.4 Å². The van der Waals surface area contributed by atoms with E-state index in [-0.39, 0.29) is 0 Å². The van der Waals surface area contributed by atoms with Gasteiger partial charge < -0.3 is 10.2 Å². The molecule has 5 heteroatoms. The van der Waals surface area contributed by atoms with Crippen molar-refractivity contribution in [3.8, 4) is 0 Å². The standard InChI is InChI=1S/C10H16N4S/c1-14(8-3-5-11-7-8)9-4-6-12-10(13-9)15-2/h4,6,8,11H,3,5,7H2,1-2H3/t8-/m1/s1. The molecule has 1 N–H and O–H groups in total. The Balaban J connectivity index is 2.13. The van der Waals surface area contributed by atoms with Crippen LogP contribution in [0.5, 0.6) is 0 Å². The van der Waals surface area contributed by atoms with Crippen LogP contribution in [0.1, 0.15) is 6.42 Å². The molecular weight excluding hydrogens is 208 g/mol. The van der Waals surface area contributed by atoms with Crippen molar-refractivity contribution in [1.82, 2.24) is 15.3 Å². The summed E-state index contributed by atoms with van der Waals surface area (Å²) < 4.78 is 0. The highest BCUT2D eigenvalue weighted by Gasteiger charge is 2.20. The van der Waals surface area contributed by atoms with Gasteiger partial charge in [0.1, 0.15) is 5.82 Å². The van der Waals surface area contributed by atoms with Crippen molar-refractivity contribution in [2.24, 2.45) is 0 Å². The van der Waals surface area contributed by atoms with Gasteiger partial charge in [0.25, 0.3) is 0 Å². The van der Waals surface area contributed by atoms with Gasteiger partial charge in [-0.05, 0) is 25.3 Å². The van der Waals surface area contributed by atoms with E-state index >= 15 is 0 Å². The van der Waals surface area contributed by atoms with Gasteiger partial charge in [-0.3, -0.25) is 0 Å². The predicted molar refractivity (Wildman–Crippen MR) is 63.5 cm³/mol. The fourth-order valence-corrected chi connectivity index (χ4v) is 2.13. The Labute approximate surface area is 94.5 Å². The first kappa shape index (κ1) is 10.7. The lowest BCUT2D eigenvalue weighted by Crippen LogP contribution is -2.33. The molecule has 0 unspecified atom stereocenters. The SMILES string of the molecule is CSc1nccc(N(C)[C@@H]2CCNC2)n1. The molecule has 1 fully saturated rings. The number of nitrogens with zero attached hydrogens (tertiary/aromatic N) is 3. The first-order chi connectivity index (χ1) is 7.31. The van der Waals surface area contributed by atoms with Crippen molar-refractivity contribution >= 4 is 17.6 Å². The number of aromatic nitrogens is 2. The monoisotopic (exact) mass is 224 g/mol. The van der Waals surface area contributed by atoms with Gasteiger partial charge in [0.2, 0.25) is 0 Å². The molecule has 0 aromatic carbocycles. The van der Waals surface area contributed by atoms with Crippen molar-refractivity contribution in [1.29, 1.82) is 0 Å². The Bertz CT molecular complexity index is 325. The van der Waals surface area contributed by atoms with Gasteiger partial charge in [0.05, 0.1) is 0 Å². The highest BCUT2D eigenvalue weighted by Crippen LogP contribution is 2.17. The van der Waals surface area contributed by atoms with Crippen LogP contribution in [0.4, 0.5) is 5.82 Å². The van der Waals surface area contributed by atoms with Gasteiger partial charge in [0.15, 0.2) is 5.16 Å². The number of anilines is 1. The number of hydrogen-bond acceptors (Lipinski definition) is 5. The first-order valence-corrected chi connectivity index (χ1v) is 6.34. The van der Waals surface area contributed by atoms with Crippen LogP contribution >= 0.6 is 11.8 Å². The van der Waals surface area contributed by atoms with Crippen LogP contribution < -0.4 is 10.2 Å². The van der Waals surface area contributed by atoms with Crippen LogP contribution in [0, 0.1) is 0 Å². The third kappa shape index (κ3) is 2.41. The molecule has 1 aliphatic rings. The minimum Gasteiger partial charge on any atom is -0.355 e. The molecule has 0 amide bonds. The summed E-state index contributed by atoms with van der Waals surface area (Å²) in [6.07, 6.45) is 5.01. The van der Waals surface area contributed by atoms with Crippen molar-refractivity contribution < 1.29 is 0 Å². The molecule has 1 aromatic heterocycles. The molecule has 0 spiro atoms. The molecule has 2 heterocycles. The van der Waals surface area contributed by atoms with E-state index in [0.29, 0.717) is 6.04 Å². The molecule has 0 bridgehead atoms. The summed E-state index contributed by atoms with van der Waals surface area (Å²) in [7, 11) is 2.10. The summed E-state index contributed by atoms with van der Waals surface area (Å²) in [5, 5.41) is 4.20. The van der Waals surface area contributed by atoms with Gasteiger partial charge in [-0.15, -0.1) is 0 Å². The third-order valence-electron chi connectivity index (χ3n) is 2.74. The summed E-state index contributed by atoms with van der Waals surface area (Å²) >= 11 is 1.58. The highest BCUT2D eigenvalue weighted by atomic mass is 32.2. The van der Waals surface area contributed by atoms with E-state index in [2.05, 4.69) is 27.2 Å². The Hall–Kier alpha value is -0.810. The molecule has 0 radical (unpaired) electrons. The molecule has 1 aliphatic heterocycles. The number of rotatable bonds is 3. The smallest absolute Gasteiger partial charge is 0.189 e. The van der Waals surface area contributed by atoms with E-state index in [1.54, 1.807) is 11.8 Å². The minimum atomic E-state index is 0.564. The lowest BCUT2D eigenvalue weighted by atomic mass is 10.2. The maximum atomic E-state index is 4.49. The molecule has 0 aliphatic carbocycles. The molecule has 1 atom stereocenters.